The van der Waals surface area contributed by atoms with Crippen molar-refractivity contribution in [2.75, 3.05) is 19.1 Å². The standard InChI is InChI=1S/C17H24N2O5S/c1-12(15(20)19-14(9-10-25-3)16(21)23-2)18-17(22)24-11-13-7-5-4-6-8-13/h4-8,12,14H,9-11H2,1-3H3,(H,18,22)(H,19,20)/t12-,14+/m1/s1. The van der Waals surface area contributed by atoms with Gasteiger partial charge in [0.15, 0.2) is 0 Å². The number of benzene rings is 1. The van der Waals surface area contributed by atoms with E-state index in [1.165, 1.54) is 14.0 Å². The lowest BCUT2D eigenvalue weighted by molar-refractivity contribution is -0.145. The summed E-state index contributed by atoms with van der Waals surface area (Å²) >= 11 is 1.56. The Labute approximate surface area is 151 Å². The number of alkyl carbamates (subject to hydrolysis) is 1. The van der Waals surface area contributed by atoms with Crippen molar-refractivity contribution in [2.45, 2.75) is 32.0 Å². The van der Waals surface area contributed by atoms with Gasteiger partial charge in [-0.3, -0.25) is 4.79 Å². The van der Waals surface area contributed by atoms with Crippen molar-refractivity contribution in [2.24, 2.45) is 0 Å². The molecule has 0 spiro atoms. The molecule has 1 aromatic rings. The van der Waals surface area contributed by atoms with E-state index < -0.39 is 30.1 Å². The van der Waals surface area contributed by atoms with Crippen molar-refractivity contribution >= 4 is 29.7 Å². The lowest BCUT2D eigenvalue weighted by Crippen LogP contribution is -2.50. The third-order valence-electron chi connectivity index (χ3n) is 3.35. The number of carbonyl (C=O) groups excluding carboxylic acids is 3. The van der Waals surface area contributed by atoms with Crippen LogP contribution >= 0.6 is 11.8 Å². The zero-order chi connectivity index (χ0) is 18.7. The molecule has 0 aromatic heterocycles. The van der Waals surface area contributed by atoms with Gasteiger partial charge in [-0.05, 0) is 30.9 Å². The second-order valence-electron chi connectivity index (χ2n) is 5.29. The molecular formula is C17H24N2O5S. The molecule has 0 aliphatic rings. The normalized spacial score (nSPS) is 12.6. The van der Waals surface area contributed by atoms with Crippen LogP contribution in [0.1, 0.15) is 18.9 Å². The van der Waals surface area contributed by atoms with Gasteiger partial charge in [0.05, 0.1) is 7.11 Å². The fraction of sp³-hybridized carbons (Fsp3) is 0.471. The quantitative estimate of drug-likeness (QED) is 0.645. The first-order valence-electron chi connectivity index (χ1n) is 7.82. The average Bonchev–Trinajstić information content (AvgIpc) is 2.63. The largest absolute Gasteiger partial charge is 0.467 e. The van der Waals surface area contributed by atoms with E-state index in [0.717, 1.165) is 5.56 Å². The highest BCUT2D eigenvalue weighted by molar-refractivity contribution is 7.98. The minimum atomic E-state index is -0.843. The van der Waals surface area contributed by atoms with Crippen LogP contribution in [0.4, 0.5) is 4.79 Å². The SMILES string of the molecule is COC(=O)[C@H](CCSC)NC(=O)[C@@H](C)NC(=O)OCc1ccccc1. The van der Waals surface area contributed by atoms with E-state index in [4.69, 9.17) is 4.74 Å². The summed E-state index contributed by atoms with van der Waals surface area (Å²) in [4.78, 5) is 35.6. The third kappa shape index (κ3) is 7.93. The number of hydrogen-bond acceptors (Lipinski definition) is 6. The van der Waals surface area contributed by atoms with E-state index in [9.17, 15) is 14.4 Å². The van der Waals surface area contributed by atoms with E-state index in [1.54, 1.807) is 11.8 Å². The Morgan fingerprint density at radius 1 is 1.16 bits per heavy atom. The summed E-state index contributed by atoms with van der Waals surface area (Å²) < 4.78 is 9.75. The number of hydrogen-bond donors (Lipinski definition) is 2. The van der Waals surface area contributed by atoms with Crippen LogP contribution in [0.25, 0.3) is 0 Å². The molecule has 1 rings (SSSR count). The molecule has 2 atom stereocenters. The molecule has 0 heterocycles. The van der Waals surface area contributed by atoms with Crippen molar-refractivity contribution in [3.05, 3.63) is 35.9 Å². The topological polar surface area (TPSA) is 93.7 Å². The Hall–Kier alpha value is -2.22. The van der Waals surface area contributed by atoms with Gasteiger partial charge in [-0.25, -0.2) is 9.59 Å². The van der Waals surface area contributed by atoms with Crippen LogP contribution in [0.5, 0.6) is 0 Å². The summed E-state index contributed by atoms with van der Waals surface area (Å²) in [6.45, 7) is 1.63. The summed E-state index contributed by atoms with van der Waals surface area (Å²) in [7, 11) is 1.27. The zero-order valence-electron chi connectivity index (χ0n) is 14.6. The number of rotatable bonds is 9. The number of esters is 1. The minimum Gasteiger partial charge on any atom is -0.467 e. The number of methoxy groups -OCH3 is 1. The Morgan fingerprint density at radius 2 is 1.84 bits per heavy atom. The predicted octanol–water partition coefficient (Wildman–Crippen LogP) is 1.71. The average molecular weight is 368 g/mol. The molecule has 0 saturated carbocycles. The van der Waals surface area contributed by atoms with Gasteiger partial charge in [0.25, 0.3) is 0 Å². The van der Waals surface area contributed by atoms with E-state index in [0.29, 0.717) is 12.2 Å². The molecule has 0 bridgehead atoms. The fourth-order valence-corrected chi connectivity index (χ4v) is 2.40. The van der Waals surface area contributed by atoms with Crippen LogP contribution in [0.3, 0.4) is 0 Å². The molecule has 25 heavy (non-hydrogen) atoms. The molecule has 1 aromatic carbocycles. The molecule has 2 amide bonds. The van der Waals surface area contributed by atoms with Crippen LogP contribution in [-0.4, -0.2) is 49.2 Å². The predicted molar refractivity (Wildman–Crippen MR) is 96.2 cm³/mol. The molecule has 0 radical (unpaired) electrons. The Morgan fingerprint density at radius 3 is 2.44 bits per heavy atom. The third-order valence-corrected chi connectivity index (χ3v) is 4.00. The van der Waals surface area contributed by atoms with Crippen molar-refractivity contribution in [3.8, 4) is 0 Å². The summed E-state index contributed by atoms with van der Waals surface area (Å²) in [5, 5.41) is 5.02. The lowest BCUT2D eigenvalue weighted by Gasteiger charge is -2.19. The van der Waals surface area contributed by atoms with Crippen molar-refractivity contribution in [3.63, 3.8) is 0 Å². The highest BCUT2D eigenvalue weighted by atomic mass is 32.2. The Bertz CT molecular complexity index is 567. The van der Waals surface area contributed by atoms with Gasteiger partial charge in [-0.15, -0.1) is 0 Å². The van der Waals surface area contributed by atoms with Gasteiger partial charge >= 0.3 is 12.1 Å². The molecular weight excluding hydrogens is 344 g/mol. The molecule has 8 heteroatoms. The number of carbonyl (C=O) groups is 3. The number of amides is 2. The van der Waals surface area contributed by atoms with E-state index in [-0.39, 0.29) is 6.61 Å². The van der Waals surface area contributed by atoms with Gasteiger partial charge in [0.2, 0.25) is 5.91 Å². The van der Waals surface area contributed by atoms with Crippen molar-refractivity contribution in [1.82, 2.24) is 10.6 Å². The summed E-state index contributed by atoms with van der Waals surface area (Å²) in [5.74, 6) is -0.296. The van der Waals surface area contributed by atoms with Gasteiger partial charge in [-0.2, -0.15) is 11.8 Å². The van der Waals surface area contributed by atoms with Crippen LogP contribution in [0.2, 0.25) is 0 Å². The number of ether oxygens (including phenoxy) is 2. The monoisotopic (exact) mass is 368 g/mol. The molecule has 7 nitrogen and oxygen atoms in total. The molecule has 0 saturated heterocycles. The van der Waals surface area contributed by atoms with Gasteiger partial charge < -0.3 is 20.1 Å². The van der Waals surface area contributed by atoms with Crippen molar-refractivity contribution in [1.29, 1.82) is 0 Å². The zero-order valence-corrected chi connectivity index (χ0v) is 15.4. The maximum Gasteiger partial charge on any atom is 0.408 e. The maximum atomic E-state index is 12.2. The minimum absolute atomic E-state index is 0.111. The second-order valence-corrected chi connectivity index (χ2v) is 6.28. The Balaban J connectivity index is 2.45. The highest BCUT2D eigenvalue weighted by Gasteiger charge is 2.24. The summed E-state index contributed by atoms with van der Waals surface area (Å²) in [6, 6.07) is 7.62. The van der Waals surface area contributed by atoms with E-state index >= 15 is 0 Å². The molecule has 0 aliphatic carbocycles. The fourth-order valence-electron chi connectivity index (χ4n) is 1.93. The van der Waals surface area contributed by atoms with Crippen LogP contribution in [-0.2, 0) is 25.7 Å². The van der Waals surface area contributed by atoms with Crippen molar-refractivity contribution < 1.29 is 23.9 Å². The first-order valence-corrected chi connectivity index (χ1v) is 9.21. The lowest BCUT2D eigenvalue weighted by atomic mass is 10.2. The van der Waals surface area contributed by atoms with Gasteiger partial charge in [-0.1, -0.05) is 30.3 Å². The first kappa shape index (κ1) is 20.8. The second kappa shape index (κ2) is 11.4. The Kier molecular flexibility index (Phi) is 9.46. The van der Waals surface area contributed by atoms with E-state index in [1.807, 2.05) is 36.6 Å². The number of thioether (sulfide) groups is 1. The summed E-state index contributed by atoms with van der Waals surface area (Å²) in [5.41, 5.74) is 0.845. The number of nitrogens with one attached hydrogen (secondary N) is 2. The van der Waals surface area contributed by atoms with Crippen LogP contribution < -0.4 is 10.6 Å². The first-order chi connectivity index (χ1) is 12.0. The smallest absolute Gasteiger partial charge is 0.408 e. The molecule has 0 unspecified atom stereocenters. The highest BCUT2D eigenvalue weighted by Crippen LogP contribution is 2.04. The van der Waals surface area contributed by atoms with Gasteiger partial charge in [0, 0.05) is 0 Å². The van der Waals surface area contributed by atoms with E-state index in [2.05, 4.69) is 15.4 Å². The summed E-state index contributed by atoms with van der Waals surface area (Å²) in [6.07, 6.45) is 1.65. The van der Waals surface area contributed by atoms with Gasteiger partial charge in [0.1, 0.15) is 18.7 Å². The molecule has 0 aliphatic heterocycles. The maximum absolute atomic E-state index is 12.2. The molecule has 0 fully saturated rings. The molecule has 138 valence electrons. The molecule has 2 N–H and O–H groups in total. The van der Waals surface area contributed by atoms with Crippen LogP contribution in [0, 0.1) is 0 Å². The van der Waals surface area contributed by atoms with Crippen LogP contribution in [0.15, 0.2) is 30.3 Å².